The van der Waals surface area contributed by atoms with Crippen LogP contribution in [0.3, 0.4) is 0 Å². The SMILES string of the molecule is C=C(CNc1ccc(CC2=CCNc3ncccc32)cn1)/C(Cl)=C\C/C=C\CF. The Morgan fingerprint density at radius 3 is 2.97 bits per heavy atom. The fourth-order valence-corrected chi connectivity index (χ4v) is 3.12. The topological polar surface area (TPSA) is 49.8 Å². The van der Waals surface area contributed by atoms with Crippen molar-refractivity contribution in [3.8, 4) is 0 Å². The molecule has 0 saturated carbocycles. The van der Waals surface area contributed by atoms with Crippen LogP contribution in [0.25, 0.3) is 5.57 Å². The molecule has 4 nitrogen and oxygen atoms in total. The first-order chi connectivity index (χ1) is 14.2. The van der Waals surface area contributed by atoms with Gasteiger partial charge in [0.05, 0.1) is 0 Å². The monoisotopic (exact) mass is 410 g/mol. The van der Waals surface area contributed by atoms with E-state index in [2.05, 4.69) is 45.4 Å². The van der Waals surface area contributed by atoms with Gasteiger partial charge in [0.25, 0.3) is 0 Å². The van der Waals surface area contributed by atoms with Crippen LogP contribution in [0.4, 0.5) is 16.0 Å². The number of allylic oxidation sites excluding steroid dienone is 4. The number of alkyl halides is 1. The molecule has 0 spiro atoms. The van der Waals surface area contributed by atoms with Crippen molar-refractivity contribution in [1.29, 1.82) is 0 Å². The van der Waals surface area contributed by atoms with Gasteiger partial charge in [-0.1, -0.05) is 48.6 Å². The second-order valence-corrected chi connectivity index (χ2v) is 7.02. The van der Waals surface area contributed by atoms with Gasteiger partial charge in [-0.25, -0.2) is 14.4 Å². The summed E-state index contributed by atoms with van der Waals surface area (Å²) >= 11 is 6.21. The van der Waals surface area contributed by atoms with E-state index in [1.165, 1.54) is 11.6 Å². The van der Waals surface area contributed by atoms with Gasteiger partial charge in [0, 0.05) is 36.1 Å². The Morgan fingerprint density at radius 2 is 2.17 bits per heavy atom. The number of hydrogen-bond acceptors (Lipinski definition) is 4. The Morgan fingerprint density at radius 1 is 1.28 bits per heavy atom. The first kappa shape index (κ1) is 20.8. The van der Waals surface area contributed by atoms with Gasteiger partial charge in [-0.2, -0.15) is 0 Å². The molecule has 0 saturated heterocycles. The second kappa shape index (κ2) is 10.6. The first-order valence-corrected chi connectivity index (χ1v) is 9.87. The van der Waals surface area contributed by atoms with Crippen LogP contribution in [0.1, 0.15) is 17.5 Å². The predicted molar refractivity (Wildman–Crippen MR) is 120 cm³/mol. The molecule has 0 atom stereocenters. The summed E-state index contributed by atoms with van der Waals surface area (Å²) in [6, 6.07) is 8.06. The molecule has 3 heterocycles. The van der Waals surface area contributed by atoms with Crippen molar-refractivity contribution in [2.45, 2.75) is 12.8 Å². The summed E-state index contributed by atoms with van der Waals surface area (Å²) < 4.78 is 12.0. The number of rotatable bonds is 9. The number of anilines is 2. The molecule has 0 amide bonds. The fraction of sp³-hybridized carbons (Fsp3) is 0.217. The lowest BCUT2D eigenvalue weighted by Gasteiger charge is -2.18. The fourth-order valence-electron chi connectivity index (χ4n) is 2.96. The third-order valence-corrected chi connectivity index (χ3v) is 4.92. The van der Waals surface area contributed by atoms with E-state index in [1.54, 1.807) is 12.3 Å². The summed E-state index contributed by atoms with van der Waals surface area (Å²) in [6.45, 7) is 4.79. The number of fused-ring (bicyclic) bond motifs is 1. The zero-order valence-electron chi connectivity index (χ0n) is 16.2. The third kappa shape index (κ3) is 6.03. The number of nitrogens with zero attached hydrogens (tertiary/aromatic N) is 2. The van der Waals surface area contributed by atoms with Crippen molar-refractivity contribution in [1.82, 2.24) is 9.97 Å². The minimum absolute atomic E-state index is 0.465. The van der Waals surface area contributed by atoms with Crippen LogP contribution in [0.2, 0.25) is 0 Å². The number of hydrogen-bond donors (Lipinski definition) is 2. The van der Waals surface area contributed by atoms with Gasteiger partial charge in [0.15, 0.2) is 0 Å². The quantitative estimate of drug-likeness (QED) is 0.421. The maximum Gasteiger partial charge on any atom is 0.133 e. The highest BCUT2D eigenvalue weighted by molar-refractivity contribution is 6.32. The lowest BCUT2D eigenvalue weighted by molar-refractivity contribution is 0.561. The van der Waals surface area contributed by atoms with Gasteiger partial charge in [-0.15, -0.1) is 0 Å². The average Bonchev–Trinajstić information content (AvgIpc) is 2.76. The molecule has 3 rings (SSSR count). The zero-order valence-corrected chi connectivity index (χ0v) is 16.9. The zero-order chi connectivity index (χ0) is 20.5. The van der Waals surface area contributed by atoms with Gasteiger partial charge < -0.3 is 10.6 Å². The molecule has 0 aliphatic carbocycles. The number of nitrogens with one attached hydrogen (secondary N) is 2. The van der Waals surface area contributed by atoms with E-state index in [0.717, 1.165) is 41.3 Å². The lowest BCUT2D eigenvalue weighted by atomic mass is 9.97. The largest absolute Gasteiger partial charge is 0.366 e. The van der Waals surface area contributed by atoms with Crippen LogP contribution in [0.15, 0.2) is 78.1 Å². The van der Waals surface area contributed by atoms with Crippen molar-refractivity contribution in [3.05, 3.63) is 89.3 Å². The van der Waals surface area contributed by atoms with E-state index >= 15 is 0 Å². The van der Waals surface area contributed by atoms with E-state index in [-0.39, 0.29) is 0 Å². The smallest absolute Gasteiger partial charge is 0.133 e. The molecule has 0 bridgehead atoms. The van der Waals surface area contributed by atoms with Crippen molar-refractivity contribution in [3.63, 3.8) is 0 Å². The highest BCUT2D eigenvalue weighted by atomic mass is 35.5. The molecule has 2 N–H and O–H groups in total. The number of aromatic nitrogens is 2. The van der Waals surface area contributed by atoms with Crippen molar-refractivity contribution >= 4 is 28.8 Å². The third-order valence-electron chi connectivity index (χ3n) is 4.50. The molecule has 1 aliphatic rings. The van der Waals surface area contributed by atoms with Crippen molar-refractivity contribution in [2.75, 3.05) is 30.4 Å². The van der Waals surface area contributed by atoms with Crippen molar-refractivity contribution in [2.24, 2.45) is 0 Å². The van der Waals surface area contributed by atoms with E-state index < -0.39 is 6.67 Å². The highest BCUT2D eigenvalue weighted by Gasteiger charge is 2.13. The molecule has 6 heteroatoms. The predicted octanol–water partition coefficient (Wildman–Crippen LogP) is 5.53. The highest BCUT2D eigenvalue weighted by Crippen LogP contribution is 2.28. The van der Waals surface area contributed by atoms with Gasteiger partial charge in [0.1, 0.15) is 18.3 Å². The Balaban J connectivity index is 1.54. The Labute approximate surface area is 175 Å². The van der Waals surface area contributed by atoms with Gasteiger partial charge in [0.2, 0.25) is 0 Å². The van der Waals surface area contributed by atoms with E-state index in [9.17, 15) is 4.39 Å². The normalized spacial score (nSPS) is 13.6. The molecule has 0 unspecified atom stereocenters. The van der Waals surface area contributed by atoms with Crippen LogP contribution < -0.4 is 10.6 Å². The molecule has 2 aromatic heterocycles. The molecule has 0 aromatic carbocycles. The minimum atomic E-state index is -0.465. The van der Waals surface area contributed by atoms with Gasteiger partial charge in [-0.3, -0.25) is 0 Å². The summed E-state index contributed by atoms with van der Waals surface area (Å²) in [5.74, 6) is 1.69. The van der Waals surface area contributed by atoms with E-state index in [1.807, 2.05) is 24.4 Å². The summed E-state index contributed by atoms with van der Waals surface area (Å²) in [6.07, 6.45) is 12.3. The average molecular weight is 411 g/mol. The summed E-state index contributed by atoms with van der Waals surface area (Å²) in [5.41, 5.74) is 4.28. The number of halogens is 2. The van der Waals surface area contributed by atoms with Crippen LogP contribution in [-0.2, 0) is 6.42 Å². The molecule has 2 aromatic rings. The van der Waals surface area contributed by atoms with Crippen LogP contribution in [-0.4, -0.2) is 29.7 Å². The first-order valence-electron chi connectivity index (χ1n) is 9.49. The van der Waals surface area contributed by atoms with Gasteiger partial charge in [-0.05, 0) is 47.8 Å². The lowest BCUT2D eigenvalue weighted by Crippen LogP contribution is -2.11. The molecular formula is C23H24ClFN4. The maximum absolute atomic E-state index is 12.0. The molecular weight excluding hydrogens is 387 g/mol. The summed E-state index contributed by atoms with van der Waals surface area (Å²) in [7, 11) is 0. The van der Waals surface area contributed by atoms with Gasteiger partial charge >= 0.3 is 0 Å². The van der Waals surface area contributed by atoms with Crippen LogP contribution >= 0.6 is 11.6 Å². The molecule has 0 radical (unpaired) electrons. The Bertz CT molecular complexity index is 932. The summed E-state index contributed by atoms with van der Waals surface area (Å²) in [4.78, 5) is 8.88. The number of pyridine rings is 2. The molecule has 1 aliphatic heterocycles. The maximum atomic E-state index is 12.0. The van der Waals surface area contributed by atoms with Crippen molar-refractivity contribution < 1.29 is 4.39 Å². The standard InChI is InChI=1S/C23H24ClFN4/c1-17(21(24)7-3-2-4-11-25)15-28-22-9-8-18(16-29-22)14-19-10-13-27-23-20(19)6-5-12-26-23/h2,4-10,12,16H,1,3,11,13-15H2,(H,26,27)(H,28,29)/b4-2-,21-7+. The summed E-state index contributed by atoms with van der Waals surface area (Å²) in [5, 5.41) is 7.08. The molecule has 29 heavy (non-hydrogen) atoms. The molecule has 0 fully saturated rings. The minimum Gasteiger partial charge on any atom is -0.366 e. The van der Waals surface area contributed by atoms with E-state index in [0.29, 0.717) is 18.0 Å². The molecule has 150 valence electrons. The Hall–Kier alpha value is -2.92. The van der Waals surface area contributed by atoms with Crippen LogP contribution in [0, 0.1) is 0 Å². The second-order valence-electron chi connectivity index (χ2n) is 6.61. The Kier molecular flexibility index (Phi) is 7.59. The van der Waals surface area contributed by atoms with E-state index in [4.69, 9.17) is 11.6 Å². The van der Waals surface area contributed by atoms with Crippen LogP contribution in [0.5, 0.6) is 0 Å².